The van der Waals surface area contributed by atoms with Crippen LogP contribution in [0.2, 0.25) is 0 Å². The van der Waals surface area contributed by atoms with Crippen LogP contribution in [0.3, 0.4) is 0 Å². The van der Waals surface area contributed by atoms with E-state index in [9.17, 15) is 4.79 Å². The van der Waals surface area contributed by atoms with Gasteiger partial charge in [0.05, 0.1) is 11.3 Å². The van der Waals surface area contributed by atoms with Gasteiger partial charge in [-0.25, -0.2) is 0 Å². The molecule has 0 unspecified atom stereocenters. The molecule has 2 aromatic heterocycles. The maximum absolute atomic E-state index is 11.8. The van der Waals surface area contributed by atoms with E-state index in [1.165, 1.54) is 0 Å². The fourth-order valence-electron chi connectivity index (χ4n) is 1.59. The lowest BCUT2D eigenvalue weighted by Gasteiger charge is -1.98. The lowest BCUT2D eigenvalue weighted by Crippen LogP contribution is -2.12. The van der Waals surface area contributed by atoms with Crippen LogP contribution >= 0.6 is 11.8 Å². The van der Waals surface area contributed by atoms with Gasteiger partial charge in [-0.15, -0.1) is 0 Å². The monoisotopic (exact) mass is 251 g/mol. The van der Waals surface area contributed by atoms with Gasteiger partial charge >= 0.3 is 0 Å². The number of carbonyl (C=O) groups excluding carboxylic acids is 1. The van der Waals surface area contributed by atoms with Gasteiger partial charge in [0.15, 0.2) is 5.69 Å². The van der Waals surface area contributed by atoms with Crippen molar-refractivity contribution in [2.75, 3.05) is 5.32 Å². The van der Waals surface area contributed by atoms with Crippen LogP contribution in [0.1, 0.15) is 27.5 Å². The molecular formula is C10H9N3O3S. The Hall–Kier alpha value is -1.76. The van der Waals surface area contributed by atoms with E-state index in [-0.39, 0.29) is 11.6 Å². The number of aryl methyl sites for hydroxylation is 1. The van der Waals surface area contributed by atoms with Crippen molar-refractivity contribution in [3.05, 3.63) is 28.8 Å². The number of rotatable bonds is 2. The largest absolute Gasteiger partial charge is 0.361 e. The highest BCUT2D eigenvalue weighted by Gasteiger charge is 2.23. The SMILES string of the molecule is Cc1cc(C(=O)Nc2onc3c2CSC3)no1. The first kappa shape index (κ1) is 10.4. The topological polar surface area (TPSA) is 81.2 Å². The van der Waals surface area contributed by atoms with Gasteiger partial charge in [-0.3, -0.25) is 10.1 Å². The summed E-state index contributed by atoms with van der Waals surface area (Å²) in [5.41, 5.74) is 2.10. The van der Waals surface area contributed by atoms with Crippen LogP contribution < -0.4 is 5.32 Å². The minimum atomic E-state index is -0.349. The molecule has 3 heterocycles. The molecule has 7 heteroatoms. The molecule has 2 aromatic rings. The van der Waals surface area contributed by atoms with E-state index in [0.717, 1.165) is 22.8 Å². The Labute approximate surface area is 101 Å². The summed E-state index contributed by atoms with van der Waals surface area (Å²) in [4.78, 5) is 11.8. The van der Waals surface area contributed by atoms with Crippen LogP contribution in [0.5, 0.6) is 0 Å². The van der Waals surface area contributed by atoms with Crippen molar-refractivity contribution in [3.8, 4) is 0 Å². The Morgan fingerprint density at radius 3 is 3.06 bits per heavy atom. The number of aromatic nitrogens is 2. The van der Waals surface area contributed by atoms with E-state index in [1.807, 2.05) is 0 Å². The molecule has 0 atom stereocenters. The molecule has 0 fully saturated rings. The van der Waals surface area contributed by atoms with E-state index in [4.69, 9.17) is 9.05 Å². The average Bonchev–Trinajstić information content (AvgIpc) is 2.96. The van der Waals surface area contributed by atoms with Crippen molar-refractivity contribution in [2.45, 2.75) is 18.4 Å². The summed E-state index contributed by atoms with van der Waals surface area (Å²) < 4.78 is 9.92. The van der Waals surface area contributed by atoms with E-state index >= 15 is 0 Å². The molecule has 0 radical (unpaired) electrons. The Bertz CT molecular complexity index is 575. The first-order valence-electron chi connectivity index (χ1n) is 5.04. The van der Waals surface area contributed by atoms with Crippen molar-refractivity contribution >= 4 is 23.6 Å². The highest BCUT2D eigenvalue weighted by Crippen LogP contribution is 2.34. The summed E-state index contributed by atoms with van der Waals surface area (Å²) >= 11 is 1.74. The summed E-state index contributed by atoms with van der Waals surface area (Å²) in [6.07, 6.45) is 0. The number of amides is 1. The van der Waals surface area contributed by atoms with E-state index in [0.29, 0.717) is 11.6 Å². The normalized spacial score (nSPS) is 13.7. The van der Waals surface area contributed by atoms with Crippen molar-refractivity contribution in [3.63, 3.8) is 0 Å². The third-order valence-corrected chi connectivity index (χ3v) is 3.41. The molecule has 0 aromatic carbocycles. The average molecular weight is 251 g/mol. The lowest BCUT2D eigenvalue weighted by atomic mass is 10.3. The zero-order valence-electron chi connectivity index (χ0n) is 9.02. The summed E-state index contributed by atoms with van der Waals surface area (Å²) in [6.45, 7) is 1.73. The molecule has 6 nitrogen and oxygen atoms in total. The van der Waals surface area contributed by atoms with Gasteiger partial charge in [-0.2, -0.15) is 11.8 Å². The highest BCUT2D eigenvalue weighted by atomic mass is 32.2. The van der Waals surface area contributed by atoms with Crippen LogP contribution in [0, 0.1) is 6.92 Å². The number of nitrogens with zero attached hydrogens (tertiary/aromatic N) is 2. The molecule has 0 saturated heterocycles. The zero-order chi connectivity index (χ0) is 11.8. The quantitative estimate of drug-likeness (QED) is 0.878. The number of anilines is 1. The summed E-state index contributed by atoms with van der Waals surface area (Å²) in [7, 11) is 0. The maximum Gasteiger partial charge on any atom is 0.280 e. The van der Waals surface area contributed by atoms with Gasteiger partial charge in [-0.05, 0) is 6.92 Å². The minimum Gasteiger partial charge on any atom is -0.361 e. The van der Waals surface area contributed by atoms with Crippen LogP contribution in [0.15, 0.2) is 15.1 Å². The summed E-state index contributed by atoms with van der Waals surface area (Å²) in [6, 6.07) is 1.57. The third-order valence-electron chi connectivity index (χ3n) is 2.44. The fraction of sp³-hybridized carbons (Fsp3) is 0.300. The third kappa shape index (κ3) is 1.82. The molecule has 1 N–H and O–H groups in total. The van der Waals surface area contributed by atoms with Gasteiger partial charge in [0, 0.05) is 17.6 Å². The standard InChI is InChI=1S/C10H9N3O3S/c1-5-2-7(12-15-5)9(14)11-10-6-3-17-4-8(6)13-16-10/h2H,3-4H2,1H3,(H,11,14). The lowest BCUT2D eigenvalue weighted by molar-refractivity contribution is 0.101. The molecule has 0 aliphatic carbocycles. The van der Waals surface area contributed by atoms with E-state index < -0.39 is 0 Å². The van der Waals surface area contributed by atoms with Gasteiger partial charge in [0.1, 0.15) is 5.76 Å². The number of carbonyl (C=O) groups is 1. The van der Waals surface area contributed by atoms with Gasteiger partial charge in [-0.1, -0.05) is 10.3 Å². The molecular weight excluding hydrogens is 242 g/mol. The maximum atomic E-state index is 11.8. The first-order chi connectivity index (χ1) is 8.24. The Morgan fingerprint density at radius 2 is 2.29 bits per heavy atom. The van der Waals surface area contributed by atoms with Gasteiger partial charge < -0.3 is 9.05 Å². The van der Waals surface area contributed by atoms with Crippen LogP contribution in [0.25, 0.3) is 0 Å². The van der Waals surface area contributed by atoms with Crippen molar-refractivity contribution in [1.82, 2.24) is 10.3 Å². The number of thioether (sulfide) groups is 1. The Balaban J connectivity index is 1.81. The number of hydrogen-bond acceptors (Lipinski definition) is 6. The number of nitrogens with one attached hydrogen (secondary N) is 1. The Kier molecular flexibility index (Phi) is 2.40. The molecule has 0 bridgehead atoms. The summed E-state index contributed by atoms with van der Waals surface area (Å²) in [5, 5.41) is 10.2. The minimum absolute atomic E-state index is 0.235. The zero-order valence-corrected chi connectivity index (χ0v) is 9.84. The molecule has 1 amide bonds. The summed E-state index contributed by atoms with van der Waals surface area (Å²) in [5.74, 6) is 2.30. The van der Waals surface area contributed by atoms with E-state index in [1.54, 1.807) is 24.8 Å². The molecule has 1 aliphatic rings. The molecule has 17 heavy (non-hydrogen) atoms. The predicted octanol–water partition coefficient (Wildman–Crippen LogP) is 1.97. The van der Waals surface area contributed by atoms with Crippen LogP contribution in [-0.2, 0) is 11.5 Å². The smallest absolute Gasteiger partial charge is 0.280 e. The van der Waals surface area contributed by atoms with Crippen molar-refractivity contribution in [1.29, 1.82) is 0 Å². The second-order valence-electron chi connectivity index (χ2n) is 3.71. The van der Waals surface area contributed by atoms with Crippen LogP contribution in [0.4, 0.5) is 5.88 Å². The Morgan fingerprint density at radius 1 is 1.41 bits per heavy atom. The highest BCUT2D eigenvalue weighted by molar-refractivity contribution is 7.98. The molecule has 3 rings (SSSR count). The number of fused-ring (bicyclic) bond motifs is 1. The van der Waals surface area contributed by atoms with Crippen molar-refractivity contribution in [2.24, 2.45) is 0 Å². The number of hydrogen-bond donors (Lipinski definition) is 1. The molecule has 0 saturated carbocycles. The van der Waals surface area contributed by atoms with E-state index in [2.05, 4.69) is 15.6 Å². The molecule has 88 valence electrons. The van der Waals surface area contributed by atoms with Crippen molar-refractivity contribution < 1.29 is 13.8 Å². The van der Waals surface area contributed by atoms with Gasteiger partial charge in [0.25, 0.3) is 5.91 Å². The fourth-order valence-corrected chi connectivity index (χ4v) is 2.62. The van der Waals surface area contributed by atoms with Crippen LogP contribution in [-0.4, -0.2) is 16.2 Å². The predicted molar refractivity (Wildman–Crippen MR) is 60.7 cm³/mol. The second kappa shape index (κ2) is 3.92. The van der Waals surface area contributed by atoms with Gasteiger partial charge in [0.2, 0.25) is 5.88 Å². The second-order valence-corrected chi connectivity index (χ2v) is 4.69. The molecule has 0 spiro atoms. The molecule has 1 aliphatic heterocycles. The first-order valence-corrected chi connectivity index (χ1v) is 6.19.